The second-order valence-electron chi connectivity index (χ2n) is 7.58. The standard InChI is InChI=1S/C20H22F3N3O5S/c1-10-6-12(21)11(17(28)30-5)7-13(10)25-16(27)14-8-24-18(32-14)26(9-15(22)23)19(29)31-20(2,3)4/h6-8,15H,9H2,1-5H3,(H,25,27). The number of anilines is 2. The van der Waals surface area contributed by atoms with Crippen molar-refractivity contribution < 1.29 is 37.0 Å². The number of aryl methyl sites for hydroxylation is 1. The van der Waals surface area contributed by atoms with E-state index < -0.39 is 42.4 Å². The van der Waals surface area contributed by atoms with Crippen molar-refractivity contribution in [3.05, 3.63) is 40.2 Å². The van der Waals surface area contributed by atoms with Crippen LogP contribution in [0.25, 0.3) is 0 Å². The van der Waals surface area contributed by atoms with Gasteiger partial charge in [-0.15, -0.1) is 0 Å². The maximum atomic E-state index is 14.0. The molecule has 1 N–H and O–H groups in total. The number of esters is 1. The minimum absolute atomic E-state index is 0.00818. The molecule has 1 aromatic carbocycles. The van der Waals surface area contributed by atoms with Crippen LogP contribution in [0.1, 0.15) is 46.4 Å². The topological polar surface area (TPSA) is 97.8 Å². The van der Waals surface area contributed by atoms with E-state index in [9.17, 15) is 27.6 Å². The molecular formula is C20H22F3N3O5S. The van der Waals surface area contributed by atoms with Gasteiger partial charge in [-0.3, -0.25) is 4.79 Å². The molecule has 32 heavy (non-hydrogen) atoms. The van der Waals surface area contributed by atoms with Crippen LogP contribution in [0.3, 0.4) is 0 Å². The fourth-order valence-corrected chi connectivity index (χ4v) is 3.25. The molecule has 0 saturated carbocycles. The van der Waals surface area contributed by atoms with Gasteiger partial charge in [-0.05, 0) is 45.4 Å². The molecule has 0 aliphatic carbocycles. The van der Waals surface area contributed by atoms with Crippen LogP contribution in [0, 0.1) is 12.7 Å². The lowest BCUT2D eigenvalue weighted by molar-refractivity contribution is 0.0542. The summed E-state index contributed by atoms with van der Waals surface area (Å²) < 4.78 is 49.6. The number of hydrogen-bond donors (Lipinski definition) is 1. The van der Waals surface area contributed by atoms with Gasteiger partial charge in [0, 0.05) is 5.69 Å². The summed E-state index contributed by atoms with van der Waals surface area (Å²) in [5.74, 6) is -2.43. The third kappa shape index (κ3) is 6.42. The number of nitrogens with one attached hydrogen (secondary N) is 1. The van der Waals surface area contributed by atoms with Crippen LogP contribution in [0.15, 0.2) is 18.3 Å². The number of halogens is 3. The second kappa shape index (κ2) is 9.98. The molecule has 174 valence electrons. The van der Waals surface area contributed by atoms with Gasteiger partial charge < -0.3 is 14.8 Å². The minimum atomic E-state index is -2.86. The number of methoxy groups -OCH3 is 1. The molecule has 1 heterocycles. The van der Waals surface area contributed by atoms with Crippen molar-refractivity contribution in [2.24, 2.45) is 0 Å². The van der Waals surface area contributed by atoms with E-state index in [4.69, 9.17) is 4.74 Å². The average Bonchev–Trinajstić information content (AvgIpc) is 3.16. The number of carbonyl (C=O) groups excluding carboxylic acids is 3. The first-order valence-corrected chi connectivity index (χ1v) is 10.1. The molecule has 2 rings (SSSR count). The summed E-state index contributed by atoms with van der Waals surface area (Å²) in [4.78, 5) is 41.2. The Kier molecular flexibility index (Phi) is 7.83. The number of ether oxygens (including phenoxy) is 2. The van der Waals surface area contributed by atoms with Crippen LogP contribution in [0.2, 0.25) is 0 Å². The van der Waals surface area contributed by atoms with E-state index in [1.807, 2.05) is 0 Å². The van der Waals surface area contributed by atoms with Gasteiger partial charge >= 0.3 is 12.1 Å². The Labute approximate surface area is 186 Å². The zero-order chi connectivity index (χ0) is 24.2. The quantitative estimate of drug-likeness (QED) is 0.614. The molecule has 8 nitrogen and oxygen atoms in total. The highest BCUT2D eigenvalue weighted by Gasteiger charge is 2.29. The van der Waals surface area contributed by atoms with Crippen molar-refractivity contribution in [1.29, 1.82) is 0 Å². The highest BCUT2D eigenvalue weighted by Crippen LogP contribution is 2.27. The van der Waals surface area contributed by atoms with Crippen LogP contribution in [-0.2, 0) is 9.47 Å². The van der Waals surface area contributed by atoms with Gasteiger partial charge in [0.25, 0.3) is 12.3 Å². The molecule has 1 aromatic heterocycles. The molecule has 2 amide bonds. The number of carbonyl (C=O) groups is 3. The minimum Gasteiger partial charge on any atom is -0.465 e. The van der Waals surface area contributed by atoms with Gasteiger partial charge in [-0.1, -0.05) is 11.3 Å². The molecule has 2 aromatic rings. The largest absolute Gasteiger partial charge is 0.465 e. The van der Waals surface area contributed by atoms with E-state index >= 15 is 0 Å². The number of nitrogens with zero attached hydrogens (tertiary/aromatic N) is 2. The highest BCUT2D eigenvalue weighted by atomic mass is 32.1. The fourth-order valence-electron chi connectivity index (χ4n) is 2.44. The Morgan fingerprint density at radius 2 is 1.91 bits per heavy atom. The predicted octanol–water partition coefficient (Wildman–Crippen LogP) is 4.64. The molecule has 0 aliphatic rings. The maximum Gasteiger partial charge on any atom is 0.416 e. The molecule has 0 bridgehead atoms. The van der Waals surface area contributed by atoms with Crippen LogP contribution >= 0.6 is 11.3 Å². The Morgan fingerprint density at radius 1 is 1.25 bits per heavy atom. The summed E-state index contributed by atoms with van der Waals surface area (Å²) in [6.07, 6.45) is -2.78. The second-order valence-corrected chi connectivity index (χ2v) is 8.59. The molecule has 0 radical (unpaired) electrons. The van der Waals surface area contributed by atoms with Crippen molar-refractivity contribution in [2.45, 2.75) is 39.7 Å². The number of thiazole rings is 1. The average molecular weight is 473 g/mol. The Bertz CT molecular complexity index is 1020. The first-order valence-electron chi connectivity index (χ1n) is 9.26. The van der Waals surface area contributed by atoms with Gasteiger partial charge in [0.2, 0.25) is 0 Å². The fraction of sp³-hybridized carbons (Fsp3) is 0.400. The van der Waals surface area contributed by atoms with Crippen molar-refractivity contribution >= 4 is 40.1 Å². The van der Waals surface area contributed by atoms with Crippen molar-refractivity contribution in [3.63, 3.8) is 0 Å². The molecule has 0 saturated heterocycles. The monoisotopic (exact) mass is 473 g/mol. The van der Waals surface area contributed by atoms with Crippen LogP contribution in [0.4, 0.5) is 28.8 Å². The number of amides is 2. The Hall–Kier alpha value is -3.15. The molecule has 0 atom stereocenters. The van der Waals surface area contributed by atoms with E-state index in [-0.39, 0.29) is 21.3 Å². The Morgan fingerprint density at radius 3 is 2.47 bits per heavy atom. The SMILES string of the molecule is COC(=O)c1cc(NC(=O)c2cnc(N(CC(F)F)C(=O)OC(C)(C)C)s2)c(C)cc1F. The van der Waals surface area contributed by atoms with E-state index in [1.165, 1.54) is 6.92 Å². The number of aromatic nitrogens is 1. The van der Waals surface area contributed by atoms with Crippen LogP contribution in [-0.4, -0.2) is 48.6 Å². The molecule has 0 unspecified atom stereocenters. The van der Waals surface area contributed by atoms with Crippen molar-refractivity contribution in [2.75, 3.05) is 23.9 Å². The van der Waals surface area contributed by atoms with Crippen LogP contribution in [0.5, 0.6) is 0 Å². The van der Waals surface area contributed by atoms with E-state index in [0.29, 0.717) is 21.8 Å². The van der Waals surface area contributed by atoms with Gasteiger partial charge in [0.05, 0.1) is 25.4 Å². The summed E-state index contributed by atoms with van der Waals surface area (Å²) >= 11 is 0.692. The lowest BCUT2D eigenvalue weighted by Crippen LogP contribution is -2.39. The first kappa shape index (κ1) is 25.1. The van der Waals surface area contributed by atoms with E-state index in [1.54, 1.807) is 20.8 Å². The zero-order valence-electron chi connectivity index (χ0n) is 18.0. The van der Waals surface area contributed by atoms with Crippen LogP contribution < -0.4 is 10.2 Å². The highest BCUT2D eigenvalue weighted by molar-refractivity contribution is 7.17. The number of benzene rings is 1. The summed E-state index contributed by atoms with van der Waals surface area (Å²) in [6.45, 7) is 5.30. The summed E-state index contributed by atoms with van der Waals surface area (Å²) in [5, 5.41) is 2.35. The lowest BCUT2D eigenvalue weighted by Gasteiger charge is -2.25. The van der Waals surface area contributed by atoms with Gasteiger partial charge in [0.15, 0.2) is 5.13 Å². The molecule has 0 spiro atoms. The third-order valence-electron chi connectivity index (χ3n) is 3.85. The molecule has 12 heteroatoms. The summed E-state index contributed by atoms with van der Waals surface area (Å²) in [5.41, 5.74) is -0.817. The first-order chi connectivity index (χ1) is 14.8. The third-order valence-corrected chi connectivity index (χ3v) is 4.87. The molecule has 0 aliphatic heterocycles. The van der Waals surface area contributed by atoms with E-state index in [2.05, 4.69) is 15.0 Å². The number of alkyl halides is 2. The number of hydrogen-bond acceptors (Lipinski definition) is 7. The zero-order valence-corrected chi connectivity index (χ0v) is 18.8. The number of rotatable bonds is 6. The summed E-state index contributed by atoms with van der Waals surface area (Å²) in [7, 11) is 1.09. The predicted molar refractivity (Wildman–Crippen MR) is 112 cm³/mol. The van der Waals surface area contributed by atoms with Gasteiger partial charge in [-0.25, -0.2) is 32.6 Å². The van der Waals surface area contributed by atoms with Gasteiger partial charge in [-0.2, -0.15) is 0 Å². The summed E-state index contributed by atoms with van der Waals surface area (Å²) in [6, 6.07) is 2.19. The normalized spacial score (nSPS) is 11.3. The van der Waals surface area contributed by atoms with Gasteiger partial charge in [0.1, 0.15) is 16.3 Å². The maximum absolute atomic E-state index is 14.0. The molecular weight excluding hydrogens is 451 g/mol. The lowest BCUT2D eigenvalue weighted by atomic mass is 10.1. The van der Waals surface area contributed by atoms with E-state index in [0.717, 1.165) is 25.4 Å². The van der Waals surface area contributed by atoms with Crippen molar-refractivity contribution in [1.82, 2.24) is 4.98 Å². The Balaban J connectivity index is 2.28. The van der Waals surface area contributed by atoms with Crippen molar-refractivity contribution in [3.8, 4) is 0 Å². The smallest absolute Gasteiger partial charge is 0.416 e. The molecule has 0 fully saturated rings.